The summed E-state index contributed by atoms with van der Waals surface area (Å²) in [6, 6.07) is 3.36. The molecular formula is C9H8Br2O4. The summed E-state index contributed by atoms with van der Waals surface area (Å²) in [5, 5.41) is 18.0. The zero-order chi connectivity index (χ0) is 11.4. The molecule has 0 bridgehead atoms. The lowest BCUT2D eigenvalue weighted by molar-refractivity contribution is -0.142. The molecule has 0 radical (unpaired) electrons. The smallest absolute Gasteiger partial charge is 0.329 e. The van der Waals surface area contributed by atoms with Crippen molar-refractivity contribution in [1.29, 1.82) is 0 Å². The van der Waals surface area contributed by atoms with Gasteiger partial charge >= 0.3 is 5.97 Å². The lowest BCUT2D eigenvalue weighted by atomic mass is 10.2. The van der Waals surface area contributed by atoms with Crippen molar-refractivity contribution in [3.05, 3.63) is 26.6 Å². The summed E-state index contributed by atoms with van der Waals surface area (Å²) < 4.78 is 6.18. The molecule has 0 aliphatic heterocycles. The van der Waals surface area contributed by atoms with Gasteiger partial charge in [0.1, 0.15) is 12.4 Å². The first kappa shape index (κ1) is 12.5. The van der Waals surface area contributed by atoms with Gasteiger partial charge in [-0.3, -0.25) is 0 Å². The van der Waals surface area contributed by atoms with Crippen LogP contribution in [0.3, 0.4) is 0 Å². The topological polar surface area (TPSA) is 66.8 Å². The van der Waals surface area contributed by atoms with Crippen LogP contribution in [0.4, 0.5) is 0 Å². The molecule has 0 atom stereocenters. The van der Waals surface area contributed by atoms with Crippen molar-refractivity contribution in [2.75, 3.05) is 6.61 Å². The summed E-state index contributed by atoms with van der Waals surface area (Å²) in [7, 11) is 0. The average Bonchev–Trinajstić information content (AvgIpc) is 2.12. The van der Waals surface area contributed by atoms with E-state index in [0.29, 0.717) is 10.0 Å². The van der Waals surface area contributed by atoms with Crippen LogP contribution in [0.25, 0.3) is 0 Å². The largest absolute Gasteiger partial charge is 0.506 e. The fourth-order valence-corrected chi connectivity index (χ4v) is 2.29. The summed E-state index contributed by atoms with van der Waals surface area (Å²) in [6.07, 6.45) is 0. The highest BCUT2D eigenvalue weighted by Gasteiger charge is 2.08. The van der Waals surface area contributed by atoms with E-state index in [-0.39, 0.29) is 19.0 Å². The Bertz CT molecular complexity index is 379. The summed E-state index contributed by atoms with van der Waals surface area (Å²) in [5.41, 5.74) is 0.525. The first-order valence-electron chi connectivity index (χ1n) is 3.97. The van der Waals surface area contributed by atoms with Crippen LogP contribution in [0.2, 0.25) is 0 Å². The van der Waals surface area contributed by atoms with Crippen LogP contribution < -0.4 is 0 Å². The number of aromatic hydroxyl groups is 1. The molecule has 1 rings (SSSR count). The van der Waals surface area contributed by atoms with E-state index in [0.717, 1.165) is 4.47 Å². The van der Waals surface area contributed by atoms with Crippen molar-refractivity contribution in [2.45, 2.75) is 6.61 Å². The average molecular weight is 340 g/mol. The maximum absolute atomic E-state index is 10.2. The number of hydrogen-bond donors (Lipinski definition) is 2. The van der Waals surface area contributed by atoms with Gasteiger partial charge in [0.25, 0.3) is 0 Å². The van der Waals surface area contributed by atoms with E-state index in [2.05, 4.69) is 31.9 Å². The van der Waals surface area contributed by atoms with Crippen molar-refractivity contribution in [3.63, 3.8) is 0 Å². The number of phenolic OH excluding ortho intramolecular Hbond substituents is 1. The second-order valence-corrected chi connectivity index (χ2v) is 4.55. The van der Waals surface area contributed by atoms with Gasteiger partial charge in [0.05, 0.1) is 11.1 Å². The Morgan fingerprint density at radius 1 is 1.40 bits per heavy atom. The maximum atomic E-state index is 10.2. The molecule has 0 saturated heterocycles. The number of carboxylic acid groups (broad SMARTS) is 1. The van der Waals surface area contributed by atoms with Crippen LogP contribution in [0.15, 0.2) is 21.1 Å². The van der Waals surface area contributed by atoms with Crippen molar-refractivity contribution in [2.24, 2.45) is 0 Å². The number of ether oxygens (including phenoxy) is 1. The molecule has 2 N–H and O–H groups in total. The standard InChI is InChI=1S/C9H8Br2O4/c10-6-1-5(3-15-4-8(12)13)9(14)7(11)2-6/h1-2,14H,3-4H2,(H,12,13). The first-order chi connectivity index (χ1) is 7.00. The number of carboxylic acids is 1. The van der Waals surface area contributed by atoms with Crippen molar-refractivity contribution < 1.29 is 19.7 Å². The summed E-state index contributed by atoms with van der Waals surface area (Å²) in [4.78, 5) is 10.2. The predicted octanol–water partition coefficient (Wildman–Crippen LogP) is 2.52. The third-order valence-electron chi connectivity index (χ3n) is 1.59. The van der Waals surface area contributed by atoms with E-state index in [4.69, 9.17) is 9.84 Å². The summed E-state index contributed by atoms with van der Waals surface area (Å²) in [5.74, 6) is -0.979. The molecule has 15 heavy (non-hydrogen) atoms. The number of hydrogen-bond acceptors (Lipinski definition) is 3. The molecule has 0 aromatic heterocycles. The minimum Gasteiger partial charge on any atom is -0.506 e. The normalized spacial score (nSPS) is 10.3. The third-order valence-corrected chi connectivity index (χ3v) is 2.65. The number of benzene rings is 1. The van der Waals surface area contributed by atoms with E-state index in [1.807, 2.05) is 0 Å². The van der Waals surface area contributed by atoms with Gasteiger partial charge in [0.2, 0.25) is 0 Å². The van der Waals surface area contributed by atoms with Crippen LogP contribution in [0, 0.1) is 0 Å². The molecule has 0 heterocycles. The Balaban J connectivity index is 2.72. The highest BCUT2D eigenvalue weighted by Crippen LogP contribution is 2.31. The molecule has 82 valence electrons. The van der Waals surface area contributed by atoms with Gasteiger partial charge in [-0.25, -0.2) is 4.79 Å². The molecule has 1 aromatic carbocycles. The molecule has 0 unspecified atom stereocenters. The van der Waals surface area contributed by atoms with Crippen molar-refractivity contribution in [3.8, 4) is 5.75 Å². The molecule has 0 amide bonds. The number of halogens is 2. The predicted molar refractivity (Wildman–Crippen MR) is 60.8 cm³/mol. The fourth-order valence-electron chi connectivity index (χ4n) is 0.978. The van der Waals surface area contributed by atoms with Gasteiger partial charge in [0.15, 0.2) is 0 Å². The molecule has 0 fully saturated rings. The van der Waals surface area contributed by atoms with Crippen LogP contribution in [0.5, 0.6) is 5.75 Å². The van der Waals surface area contributed by atoms with Crippen molar-refractivity contribution >= 4 is 37.8 Å². The Kier molecular flexibility index (Phi) is 4.56. The summed E-state index contributed by atoms with van der Waals surface area (Å²) in [6.45, 7) is -0.334. The number of aliphatic carboxylic acids is 1. The van der Waals surface area contributed by atoms with E-state index in [1.165, 1.54) is 0 Å². The Hall–Kier alpha value is -0.590. The minimum atomic E-state index is -1.04. The second kappa shape index (κ2) is 5.48. The van der Waals surface area contributed by atoms with Crippen LogP contribution in [-0.4, -0.2) is 22.8 Å². The van der Waals surface area contributed by atoms with E-state index >= 15 is 0 Å². The lowest BCUT2D eigenvalue weighted by Gasteiger charge is -2.07. The quantitative estimate of drug-likeness (QED) is 0.884. The lowest BCUT2D eigenvalue weighted by Crippen LogP contribution is -2.06. The molecule has 6 heteroatoms. The van der Waals surface area contributed by atoms with Gasteiger partial charge < -0.3 is 14.9 Å². The van der Waals surface area contributed by atoms with Crippen LogP contribution >= 0.6 is 31.9 Å². The van der Waals surface area contributed by atoms with Gasteiger partial charge in [-0.1, -0.05) is 15.9 Å². The zero-order valence-corrected chi connectivity index (χ0v) is 10.7. The molecule has 0 aliphatic carbocycles. The van der Waals surface area contributed by atoms with E-state index < -0.39 is 5.97 Å². The minimum absolute atomic E-state index is 0.0518. The molecule has 0 saturated carbocycles. The van der Waals surface area contributed by atoms with E-state index in [9.17, 15) is 9.90 Å². The highest BCUT2D eigenvalue weighted by atomic mass is 79.9. The number of rotatable bonds is 4. The molecule has 0 aliphatic rings. The van der Waals surface area contributed by atoms with Gasteiger partial charge in [-0.05, 0) is 28.1 Å². The van der Waals surface area contributed by atoms with Gasteiger partial charge in [0, 0.05) is 10.0 Å². The number of carbonyl (C=O) groups is 1. The highest BCUT2D eigenvalue weighted by molar-refractivity contribution is 9.11. The maximum Gasteiger partial charge on any atom is 0.329 e. The van der Waals surface area contributed by atoms with Crippen molar-refractivity contribution in [1.82, 2.24) is 0 Å². The SMILES string of the molecule is O=C(O)COCc1cc(Br)cc(Br)c1O. The fraction of sp³-hybridized carbons (Fsp3) is 0.222. The third kappa shape index (κ3) is 3.81. The monoisotopic (exact) mass is 338 g/mol. The number of phenols is 1. The second-order valence-electron chi connectivity index (χ2n) is 2.78. The molecule has 1 aromatic rings. The van der Waals surface area contributed by atoms with Gasteiger partial charge in [-0.2, -0.15) is 0 Å². The van der Waals surface area contributed by atoms with Crippen LogP contribution in [0.1, 0.15) is 5.56 Å². The molecular weight excluding hydrogens is 332 g/mol. The molecule has 4 nitrogen and oxygen atoms in total. The van der Waals surface area contributed by atoms with Crippen LogP contribution in [-0.2, 0) is 16.1 Å². The van der Waals surface area contributed by atoms with E-state index in [1.54, 1.807) is 12.1 Å². The Morgan fingerprint density at radius 2 is 2.07 bits per heavy atom. The Morgan fingerprint density at radius 3 is 2.67 bits per heavy atom. The first-order valence-corrected chi connectivity index (χ1v) is 5.55. The Labute approximate surface area is 103 Å². The van der Waals surface area contributed by atoms with Gasteiger partial charge in [-0.15, -0.1) is 0 Å². The molecule has 0 spiro atoms. The summed E-state index contributed by atoms with van der Waals surface area (Å²) >= 11 is 6.42. The zero-order valence-electron chi connectivity index (χ0n) is 7.54.